The zero-order valence-corrected chi connectivity index (χ0v) is 12.3. The molecular formula is C16H25N3. The van der Waals surface area contributed by atoms with E-state index in [9.17, 15) is 0 Å². The predicted molar refractivity (Wildman–Crippen MR) is 81.6 cm³/mol. The maximum absolute atomic E-state index is 4.51. The van der Waals surface area contributed by atoms with E-state index in [4.69, 9.17) is 0 Å². The van der Waals surface area contributed by atoms with E-state index < -0.39 is 0 Å². The summed E-state index contributed by atoms with van der Waals surface area (Å²) in [7, 11) is 2.10. The third kappa shape index (κ3) is 2.91. The first-order chi connectivity index (χ1) is 9.22. The molecule has 0 unspecified atom stereocenters. The van der Waals surface area contributed by atoms with E-state index in [1.54, 1.807) is 0 Å². The predicted octanol–water partition coefficient (Wildman–Crippen LogP) is 2.64. The molecule has 1 heterocycles. The van der Waals surface area contributed by atoms with Crippen LogP contribution in [0.3, 0.4) is 0 Å². The van der Waals surface area contributed by atoms with Crippen molar-refractivity contribution in [3.05, 3.63) is 35.9 Å². The van der Waals surface area contributed by atoms with E-state index in [1.807, 2.05) is 0 Å². The maximum Gasteiger partial charge on any atom is 0.193 e. The van der Waals surface area contributed by atoms with Crippen LogP contribution in [0.2, 0.25) is 0 Å². The Hall–Kier alpha value is -1.51. The van der Waals surface area contributed by atoms with Crippen LogP contribution in [0, 0.1) is 0 Å². The van der Waals surface area contributed by atoms with Crippen LogP contribution >= 0.6 is 0 Å². The van der Waals surface area contributed by atoms with Gasteiger partial charge in [0.1, 0.15) is 0 Å². The molecule has 0 atom stereocenters. The maximum atomic E-state index is 4.51. The number of hydrogen-bond acceptors (Lipinski definition) is 3. The first-order valence-electron chi connectivity index (χ1n) is 7.27. The molecular weight excluding hydrogens is 234 g/mol. The number of nitrogens with one attached hydrogen (secondary N) is 1. The van der Waals surface area contributed by atoms with Gasteiger partial charge in [-0.25, -0.2) is 0 Å². The average molecular weight is 259 g/mol. The average Bonchev–Trinajstić information content (AvgIpc) is 2.87. The van der Waals surface area contributed by atoms with Crippen LogP contribution < -0.4 is 5.32 Å². The van der Waals surface area contributed by atoms with Gasteiger partial charge >= 0.3 is 0 Å². The van der Waals surface area contributed by atoms with Crippen LogP contribution in [0.15, 0.2) is 35.3 Å². The van der Waals surface area contributed by atoms with Crippen LogP contribution in [-0.4, -0.2) is 37.5 Å². The highest BCUT2D eigenvalue weighted by molar-refractivity contribution is 5.81. The molecule has 2 rings (SSSR count). The molecule has 0 amide bonds. The Morgan fingerprint density at radius 2 is 1.89 bits per heavy atom. The van der Waals surface area contributed by atoms with Crippen molar-refractivity contribution in [1.29, 1.82) is 0 Å². The van der Waals surface area contributed by atoms with Crippen LogP contribution in [-0.2, 0) is 5.41 Å². The SMILES string of the molecule is CCC(CC)(CNC1=NCCN1C)c1ccccc1. The van der Waals surface area contributed by atoms with Crippen molar-refractivity contribution in [1.82, 2.24) is 10.2 Å². The summed E-state index contributed by atoms with van der Waals surface area (Å²) in [6.45, 7) is 7.44. The molecule has 0 fully saturated rings. The van der Waals surface area contributed by atoms with Gasteiger partial charge < -0.3 is 10.2 Å². The molecule has 0 bridgehead atoms. The summed E-state index contributed by atoms with van der Waals surface area (Å²) in [4.78, 5) is 6.71. The van der Waals surface area contributed by atoms with Gasteiger partial charge in [0.15, 0.2) is 5.96 Å². The molecule has 104 valence electrons. The standard InChI is InChI=1S/C16H25N3/c1-4-16(5-2,14-9-7-6-8-10-14)13-18-15-17-11-12-19(15)3/h6-10H,4-5,11-13H2,1-3H3,(H,17,18). The number of hydrogen-bond donors (Lipinski definition) is 1. The van der Waals surface area contributed by atoms with E-state index in [0.29, 0.717) is 0 Å². The smallest absolute Gasteiger partial charge is 0.193 e. The molecule has 3 nitrogen and oxygen atoms in total. The molecule has 1 N–H and O–H groups in total. The first kappa shape index (κ1) is 13.9. The molecule has 0 aromatic heterocycles. The molecule has 0 spiro atoms. The lowest BCUT2D eigenvalue weighted by molar-refractivity contribution is 0.384. The van der Waals surface area contributed by atoms with E-state index in [0.717, 1.165) is 38.4 Å². The molecule has 0 saturated carbocycles. The van der Waals surface area contributed by atoms with Gasteiger partial charge in [-0.2, -0.15) is 0 Å². The fourth-order valence-corrected chi connectivity index (χ4v) is 2.77. The summed E-state index contributed by atoms with van der Waals surface area (Å²) in [5, 5.41) is 3.55. The van der Waals surface area contributed by atoms with Gasteiger partial charge in [-0.1, -0.05) is 44.2 Å². The zero-order valence-electron chi connectivity index (χ0n) is 12.3. The lowest BCUT2D eigenvalue weighted by Gasteiger charge is -2.33. The number of rotatable bonds is 5. The quantitative estimate of drug-likeness (QED) is 0.880. The third-order valence-corrected chi connectivity index (χ3v) is 4.38. The topological polar surface area (TPSA) is 27.6 Å². The largest absolute Gasteiger partial charge is 0.355 e. The van der Waals surface area contributed by atoms with Crippen LogP contribution in [0.4, 0.5) is 0 Å². The summed E-state index contributed by atoms with van der Waals surface area (Å²) in [6, 6.07) is 10.8. The Balaban J connectivity index is 2.12. The monoisotopic (exact) mass is 259 g/mol. The molecule has 0 saturated heterocycles. The molecule has 19 heavy (non-hydrogen) atoms. The number of benzene rings is 1. The van der Waals surface area contributed by atoms with Crippen molar-refractivity contribution >= 4 is 5.96 Å². The lowest BCUT2D eigenvalue weighted by atomic mass is 9.76. The summed E-state index contributed by atoms with van der Waals surface area (Å²) in [5.41, 5.74) is 1.63. The van der Waals surface area contributed by atoms with E-state index in [-0.39, 0.29) is 5.41 Å². The summed E-state index contributed by atoms with van der Waals surface area (Å²) < 4.78 is 0. The fourth-order valence-electron chi connectivity index (χ4n) is 2.77. The number of aliphatic imine (C=N–C) groups is 1. The third-order valence-electron chi connectivity index (χ3n) is 4.38. The minimum absolute atomic E-state index is 0.202. The van der Waals surface area contributed by atoms with E-state index >= 15 is 0 Å². The minimum Gasteiger partial charge on any atom is -0.355 e. The van der Waals surface area contributed by atoms with Crippen molar-refractivity contribution in [3.63, 3.8) is 0 Å². The Labute approximate surface area is 116 Å². The fraction of sp³-hybridized carbons (Fsp3) is 0.562. The van der Waals surface area contributed by atoms with E-state index in [2.05, 4.69) is 66.4 Å². The van der Waals surface area contributed by atoms with Crippen molar-refractivity contribution in [2.45, 2.75) is 32.1 Å². The van der Waals surface area contributed by atoms with Gasteiger partial charge in [0.2, 0.25) is 0 Å². The normalized spacial score (nSPS) is 15.5. The van der Waals surface area contributed by atoms with Crippen molar-refractivity contribution in [2.24, 2.45) is 4.99 Å². The van der Waals surface area contributed by atoms with Crippen LogP contribution in [0.5, 0.6) is 0 Å². The number of nitrogens with zero attached hydrogens (tertiary/aromatic N) is 2. The highest BCUT2D eigenvalue weighted by Gasteiger charge is 2.29. The minimum atomic E-state index is 0.202. The van der Waals surface area contributed by atoms with Crippen molar-refractivity contribution in [3.8, 4) is 0 Å². The molecule has 1 aliphatic heterocycles. The number of guanidine groups is 1. The highest BCUT2D eigenvalue weighted by Crippen LogP contribution is 2.30. The Morgan fingerprint density at radius 1 is 1.21 bits per heavy atom. The highest BCUT2D eigenvalue weighted by atomic mass is 15.3. The van der Waals surface area contributed by atoms with Gasteiger partial charge in [0.25, 0.3) is 0 Å². The molecule has 1 aromatic carbocycles. The Kier molecular flexibility index (Phi) is 4.46. The zero-order chi connectivity index (χ0) is 13.7. The summed E-state index contributed by atoms with van der Waals surface area (Å²) >= 11 is 0. The Morgan fingerprint density at radius 3 is 2.42 bits per heavy atom. The van der Waals surface area contributed by atoms with Crippen LogP contribution in [0.25, 0.3) is 0 Å². The van der Waals surface area contributed by atoms with Gasteiger partial charge in [0.05, 0.1) is 6.54 Å². The van der Waals surface area contributed by atoms with Crippen molar-refractivity contribution < 1.29 is 0 Å². The first-order valence-corrected chi connectivity index (χ1v) is 7.27. The van der Waals surface area contributed by atoms with Gasteiger partial charge in [0, 0.05) is 25.6 Å². The molecule has 0 radical (unpaired) electrons. The second kappa shape index (κ2) is 6.09. The molecule has 1 aromatic rings. The van der Waals surface area contributed by atoms with Gasteiger partial charge in [-0.05, 0) is 18.4 Å². The Bertz CT molecular complexity index is 421. The van der Waals surface area contributed by atoms with Gasteiger partial charge in [-0.15, -0.1) is 0 Å². The van der Waals surface area contributed by atoms with Crippen LogP contribution in [0.1, 0.15) is 32.3 Å². The molecule has 3 heteroatoms. The molecule has 1 aliphatic rings. The van der Waals surface area contributed by atoms with Crippen molar-refractivity contribution in [2.75, 3.05) is 26.7 Å². The second-order valence-corrected chi connectivity index (χ2v) is 5.33. The summed E-state index contributed by atoms with van der Waals surface area (Å²) in [5.74, 6) is 1.04. The number of likely N-dealkylation sites (N-methyl/N-ethyl adjacent to an activating group) is 1. The molecule has 0 aliphatic carbocycles. The van der Waals surface area contributed by atoms with Gasteiger partial charge in [-0.3, -0.25) is 4.99 Å². The second-order valence-electron chi connectivity index (χ2n) is 5.33. The lowest BCUT2D eigenvalue weighted by Crippen LogP contribution is -2.44. The van der Waals surface area contributed by atoms with E-state index in [1.165, 1.54) is 5.56 Å². The summed E-state index contributed by atoms with van der Waals surface area (Å²) in [6.07, 6.45) is 2.27.